The molecule has 0 aromatic heterocycles. The maximum atomic E-state index is 13.0. The molecule has 0 fully saturated rings. The van der Waals surface area contributed by atoms with Crippen molar-refractivity contribution in [2.45, 2.75) is 7.43 Å². The smallest absolute Gasteiger partial charge is 0.274 e. The van der Waals surface area contributed by atoms with Crippen LogP contribution in [-0.4, -0.2) is 25.1 Å². The third-order valence-electron chi connectivity index (χ3n) is 1.66. The van der Waals surface area contributed by atoms with Gasteiger partial charge in [-0.25, -0.2) is 9.45 Å². The Kier molecular flexibility index (Phi) is 4.80. The van der Waals surface area contributed by atoms with Crippen LogP contribution < -0.4 is 0 Å². The fourth-order valence-electron chi connectivity index (χ4n) is 0.887. The molecule has 0 N–H and O–H groups in total. The van der Waals surface area contributed by atoms with Crippen LogP contribution >= 0.6 is 0 Å². The molecule has 0 aliphatic carbocycles. The van der Waals surface area contributed by atoms with E-state index in [1.807, 2.05) is 0 Å². The van der Waals surface area contributed by atoms with Crippen LogP contribution in [0.25, 0.3) is 0 Å². The molecule has 4 heteroatoms. The quantitative estimate of drug-likeness (QED) is 0.682. The number of hydrogen-bond acceptors (Lipinski definition) is 2. The maximum Gasteiger partial charge on any atom is 0.280 e. The van der Waals surface area contributed by atoms with Crippen molar-refractivity contribution in [3.05, 3.63) is 35.6 Å². The molecule has 0 heterocycles. The van der Waals surface area contributed by atoms with Gasteiger partial charge in [0.25, 0.3) is 5.91 Å². The summed E-state index contributed by atoms with van der Waals surface area (Å²) in [5, 5.41) is 0.971. The molecule has 3 nitrogen and oxygen atoms in total. The largest absolute Gasteiger partial charge is 0.280 e. The second-order valence-corrected chi connectivity index (χ2v) is 2.47. The van der Waals surface area contributed by atoms with Crippen molar-refractivity contribution in [2.24, 2.45) is 0 Å². The van der Waals surface area contributed by atoms with Gasteiger partial charge in [0.2, 0.25) is 0 Å². The summed E-state index contributed by atoms with van der Waals surface area (Å²) in [5.74, 6) is -1.04. The molecule has 0 bridgehead atoms. The summed E-state index contributed by atoms with van der Waals surface area (Å²) in [6.07, 6.45) is 0. The van der Waals surface area contributed by atoms with E-state index in [4.69, 9.17) is 0 Å². The van der Waals surface area contributed by atoms with E-state index >= 15 is 0 Å². The van der Waals surface area contributed by atoms with Crippen LogP contribution in [0.4, 0.5) is 4.39 Å². The summed E-state index contributed by atoms with van der Waals surface area (Å²) < 4.78 is 13.0. The summed E-state index contributed by atoms with van der Waals surface area (Å²) in [6, 6.07) is 5.77. The van der Waals surface area contributed by atoms with Crippen LogP contribution in [0.2, 0.25) is 0 Å². The Morgan fingerprint density at radius 3 is 2.50 bits per heavy atom. The summed E-state index contributed by atoms with van der Waals surface area (Å²) in [6.45, 7) is 0. The molecule has 0 atom stereocenters. The van der Waals surface area contributed by atoms with E-state index in [0.717, 1.165) is 5.06 Å². The molecule has 0 unspecified atom stereocenters. The minimum atomic E-state index is -0.545. The average molecular weight is 199 g/mol. The first-order valence-corrected chi connectivity index (χ1v) is 3.73. The minimum absolute atomic E-state index is 0. The van der Waals surface area contributed by atoms with Crippen molar-refractivity contribution in [2.75, 3.05) is 14.2 Å². The summed E-state index contributed by atoms with van der Waals surface area (Å²) in [4.78, 5) is 16.0. The fraction of sp³-hybridized carbons (Fsp3) is 0.300. The molecule has 14 heavy (non-hydrogen) atoms. The Morgan fingerprint density at radius 2 is 2.00 bits per heavy atom. The van der Waals surface area contributed by atoms with Crippen LogP contribution in [0.5, 0.6) is 0 Å². The van der Waals surface area contributed by atoms with Crippen LogP contribution in [0.3, 0.4) is 0 Å². The Bertz CT molecular complexity index is 315. The first-order valence-electron chi connectivity index (χ1n) is 3.73. The number of carbonyl (C=O) groups excluding carboxylic acids is 1. The van der Waals surface area contributed by atoms with Gasteiger partial charge in [0.1, 0.15) is 5.82 Å². The zero-order valence-corrected chi connectivity index (χ0v) is 7.45. The normalized spacial score (nSPS) is 9.07. The number of hydrogen-bond donors (Lipinski definition) is 0. The van der Waals surface area contributed by atoms with Gasteiger partial charge in [-0.05, 0) is 12.1 Å². The van der Waals surface area contributed by atoms with Gasteiger partial charge in [0, 0.05) is 7.05 Å². The number of rotatable bonds is 2. The van der Waals surface area contributed by atoms with Crippen LogP contribution in [0.15, 0.2) is 24.3 Å². The SMILES string of the molecule is C.CON(C)C(=O)c1ccccc1F. The Balaban J connectivity index is 0.00000169. The van der Waals surface area contributed by atoms with Crippen LogP contribution in [-0.2, 0) is 4.84 Å². The molecular weight excluding hydrogens is 185 g/mol. The highest BCUT2D eigenvalue weighted by molar-refractivity contribution is 5.93. The monoisotopic (exact) mass is 199 g/mol. The van der Waals surface area contributed by atoms with Crippen LogP contribution in [0.1, 0.15) is 17.8 Å². The zero-order chi connectivity index (χ0) is 9.84. The molecule has 0 aliphatic heterocycles. The predicted octanol–water partition coefficient (Wildman–Crippen LogP) is 2.10. The highest BCUT2D eigenvalue weighted by Crippen LogP contribution is 2.08. The zero-order valence-electron chi connectivity index (χ0n) is 7.45. The fourth-order valence-corrected chi connectivity index (χ4v) is 0.887. The van der Waals surface area contributed by atoms with E-state index in [2.05, 4.69) is 4.84 Å². The first-order chi connectivity index (χ1) is 6.16. The molecule has 1 rings (SSSR count). The van der Waals surface area contributed by atoms with Crippen molar-refractivity contribution < 1.29 is 14.0 Å². The molecule has 0 saturated heterocycles. The van der Waals surface area contributed by atoms with Gasteiger partial charge in [-0.1, -0.05) is 19.6 Å². The van der Waals surface area contributed by atoms with Gasteiger partial charge in [0.15, 0.2) is 0 Å². The first kappa shape index (κ1) is 12.6. The number of hydroxylamine groups is 2. The van der Waals surface area contributed by atoms with Crippen LogP contribution in [0, 0.1) is 5.82 Å². The number of benzene rings is 1. The molecular formula is C10H14FNO2. The van der Waals surface area contributed by atoms with Gasteiger partial charge < -0.3 is 0 Å². The third-order valence-corrected chi connectivity index (χ3v) is 1.66. The van der Waals surface area contributed by atoms with Crippen molar-refractivity contribution in [1.82, 2.24) is 5.06 Å². The van der Waals surface area contributed by atoms with Crippen molar-refractivity contribution in [1.29, 1.82) is 0 Å². The molecule has 0 spiro atoms. The third kappa shape index (κ3) is 2.53. The topological polar surface area (TPSA) is 29.5 Å². The van der Waals surface area contributed by atoms with Gasteiger partial charge in [-0.3, -0.25) is 9.63 Å². The Morgan fingerprint density at radius 1 is 1.43 bits per heavy atom. The lowest BCUT2D eigenvalue weighted by Gasteiger charge is -2.13. The summed E-state index contributed by atoms with van der Waals surface area (Å²) in [5.41, 5.74) is 0.00634. The lowest BCUT2D eigenvalue weighted by molar-refractivity contribution is -0.0759. The van der Waals surface area contributed by atoms with E-state index in [-0.39, 0.29) is 13.0 Å². The molecule has 0 aliphatic rings. The van der Waals surface area contributed by atoms with Crippen molar-refractivity contribution in [3.63, 3.8) is 0 Å². The number of nitrogens with zero attached hydrogens (tertiary/aromatic N) is 1. The minimum Gasteiger partial charge on any atom is -0.274 e. The molecule has 1 aromatic rings. The van der Waals surface area contributed by atoms with Gasteiger partial charge in [0.05, 0.1) is 12.7 Å². The number of amides is 1. The summed E-state index contributed by atoms with van der Waals surface area (Å²) in [7, 11) is 2.77. The molecule has 0 saturated carbocycles. The lowest BCUT2D eigenvalue weighted by Crippen LogP contribution is -2.26. The number of carbonyl (C=O) groups is 1. The van der Waals surface area contributed by atoms with Gasteiger partial charge in [-0.15, -0.1) is 0 Å². The molecule has 0 radical (unpaired) electrons. The van der Waals surface area contributed by atoms with E-state index < -0.39 is 11.7 Å². The molecule has 1 amide bonds. The van der Waals surface area contributed by atoms with E-state index in [0.29, 0.717) is 0 Å². The Hall–Kier alpha value is -1.42. The lowest BCUT2D eigenvalue weighted by atomic mass is 10.2. The second-order valence-electron chi connectivity index (χ2n) is 2.47. The van der Waals surface area contributed by atoms with Crippen molar-refractivity contribution in [3.8, 4) is 0 Å². The molecule has 1 aromatic carbocycles. The van der Waals surface area contributed by atoms with Crippen molar-refractivity contribution >= 4 is 5.91 Å². The van der Waals surface area contributed by atoms with Gasteiger partial charge in [-0.2, -0.15) is 0 Å². The predicted molar refractivity (Wildman–Crippen MR) is 52.2 cm³/mol. The average Bonchev–Trinajstić information content (AvgIpc) is 2.16. The van der Waals surface area contributed by atoms with E-state index in [1.54, 1.807) is 6.07 Å². The summed E-state index contributed by atoms with van der Waals surface area (Å²) >= 11 is 0. The van der Waals surface area contributed by atoms with E-state index in [1.165, 1.54) is 32.4 Å². The Labute approximate surface area is 83.1 Å². The highest BCUT2D eigenvalue weighted by atomic mass is 19.1. The van der Waals surface area contributed by atoms with E-state index in [9.17, 15) is 9.18 Å². The second kappa shape index (κ2) is 5.34. The number of halogens is 1. The highest BCUT2D eigenvalue weighted by Gasteiger charge is 2.14. The standard InChI is InChI=1S/C9H10FNO2.CH4/c1-11(13-2)9(12)7-5-3-4-6-8(7)10;/h3-6H,1-2H3;1H4. The maximum absolute atomic E-state index is 13.0. The van der Waals surface area contributed by atoms with Gasteiger partial charge >= 0.3 is 0 Å². The molecule has 78 valence electrons.